The molecule has 92 valence electrons. The van der Waals surface area contributed by atoms with Crippen molar-refractivity contribution in [3.05, 3.63) is 0 Å². The Labute approximate surface area is 100 Å². The second-order valence-corrected chi connectivity index (χ2v) is 19.3. The number of rotatable bonds is 6. The second kappa shape index (κ2) is 5.39. The van der Waals surface area contributed by atoms with Gasteiger partial charge in [-0.25, -0.2) is 0 Å². The highest BCUT2D eigenvalue weighted by molar-refractivity contribution is 6.86. The Kier molecular flexibility index (Phi) is 5.65. The normalized spacial score (nSPS) is 15.2. The molecule has 0 N–H and O–H groups in total. The third kappa shape index (κ3) is 8.54. The minimum atomic E-state index is -2.34. The Hall–Kier alpha value is 0.748. The van der Waals surface area contributed by atoms with Gasteiger partial charge in [0.1, 0.15) is 9.76 Å². The zero-order valence-corrected chi connectivity index (χ0v) is 15.8. The van der Waals surface area contributed by atoms with Gasteiger partial charge in [-0.3, -0.25) is 0 Å². The largest absolute Gasteiger partial charge is 0.465 e. The van der Waals surface area contributed by atoms with E-state index in [2.05, 4.69) is 52.4 Å². The molecule has 15 heavy (non-hydrogen) atoms. The van der Waals surface area contributed by atoms with E-state index in [0.717, 1.165) is 0 Å². The summed E-state index contributed by atoms with van der Waals surface area (Å²) in [4.78, 5) is 0. The number of hydrogen-bond acceptors (Lipinski definition) is 3. The lowest BCUT2D eigenvalue weighted by molar-refractivity contribution is 0.273. The van der Waals surface area contributed by atoms with Crippen LogP contribution in [0.2, 0.25) is 52.4 Å². The standard InChI is InChI=1S/C8H26O3Si4/c1-12-9-15(8,10-13(2,3)4)11-14(5,6)7/h12H2,1-8H3. The second-order valence-electron chi connectivity index (χ2n) is 5.72. The lowest BCUT2D eigenvalue weighted by Gasteiger charge is -2.37. The molecule has 0 spiro atoms. The van der Waals surface area contributed by atoms with E-state index in [1.165, 1.54) is 0 Å². The molecule has 0 radical (unpaired) electrons. The monoisotopic (exact) mass is 282 g/mol. The van der Waals surface area contributed by atoms with Gasteiger partial charge in [-0.15, -0.1) is 0 Å². The van der Waals surface area contributed by atoms with Crippen molar-refractivity contribution in [1.29, 1.82) is 0 Å². The van der Waals surface area contributed by atoms with E-state index in [1.807, 2.05) is 0 Å². The average Bonchev–Trinajstić information content (AvgIpc) is 1.74. The van der Waals surface area contributed by atoms with Crippen LogP contribution < -0.4 is 0 Å². The third-order valence-corrected chi connectivity index (χ3v) is 12.5. The van der Waals surface area contributed by atoms with E-state index in [1.54, 1.807) is 0 Å². The van der Waals surface area contributed by atoms with Gasteiger partial charge in [-0.1, -0.05) is 6.55 Å². The van der Waals surface area contributed by atoms with Gasteiger partial charge in [0.2, 0.25) is 0 Å². The molecular formula is C8H26O3Si4. The molecule has 0 atom stereocenters. The minimum Gasteiger partial charge on any atom is -0.423 e. The molecule has 3 nitrogen and oxygen atoms in total. The van der Waals surface area contributed by atoms with Crippen LogP contribution in [0.3, 0.4) is 0 Å². The molecule has 0 rings (SSSR count). The van der Waals surface area contributed by atoms with Gasteiger partial charge < -0.3 is 12.3 Å². The first kappa shape index (κ1) is 15.7. The lowest BCUT2D eigenvalue weighted by atomic mass is 11.8. The van der Waals surface area contributed by atoms with Gasteiger partial charge in [0.25, 0.3) is 0 Å². The maximum Gasteiger partial charge on any atom is 0.465 e. The smallest absolute Gasteiger partial charge is 0.423 e. The predicted molar refractivity (Wildman–Crippen MR) is 76.0 cm³/mol. The van der Waals surface area contributed by atoms with Crippen LogP contribution in [0.4, 0.5) is 0 Å². The van der Waals surface area contributed by atoms with Gasteiger partial charge in [-0.05, 0) is 39.3 Å². The van der Waals surface area contributed by atoms with Gasteiger partial charge >= 0.3 is 8.80 Å². The summed E-state index contributed by atoms with van der Waals surface area (Å²) in [5, 5.41) is 0. The molecule has 0 unspecified atom stereocenters. The molecule has 7 heteroatoms. The summed E-state index contributed by atoms with van der Waals surface area (Å²) in [5.74, 6) is 0. The molecule has 0 aromatic rings. The Balaban J connectivity index is 4.59. The molecule has 0 saturated heterocycles. The van der Waals surface area contributed by atoms with Gasteiger partial charge in [0, 0.05) is 6.55 Å². The van der Waals surface area contributed by atoms with Crippen LogP contribution in [0.25, 0.3) is 0 Å². The van der Waals surface area contributed by atoms with Crippen LogP contribution in [-0.4, -0.2) is 35.2 Å². The summed E-state index contributed by atoms with van der Waals surface area (Å²) in [7, 11) is -5.95. The molecule has 0 saturated carbocycles. The Bertz CT molecular complexity index is 181. The minimum absolute atomic E-state index is 0.472. The van der Waals surface area contributed by atoms with Crippen molar-refractivity contribution in [3.8, 4) is 0 Å². The van der Waals surface area contributed by atoms with E-state index >= 15 is 0 Å². The van der Waals surface area contributed by atoms with Crippen molar-refractivity contribution >= 4 is 35.2 Å². The quantitative estimate of drug-likeness (QED) is 0.700. The molecule has 0 fully saturated rings. The van der Waals surface area contributed by atoms with Crippen molar-refractivity contribution in [1.82, 2.24) is 0 Å². The molecule has 0 aliphatic carbocycles. The fourth-order valence-corrected chi connectivity index (χ4v) is 14.5. The van der Waals surface area contributed by atoms with Crippen molar-refractivity contribution in [2.45, 2.75) is 52.4 Å². The lowest BCUT2D eigenvalue weighted by Crippen LogP contribution is -2.55. The van der Waals surface area contributed by atoms with Crippen LogP contribution in [0.1, 0.15) is 0 Å². The van der Waals surface area contributed by atoms with E-state index in [-0.39, 0.29) is 0 Å². The average molecular weight is 283 g/mol. The van der Waals surface area contributed by atoms with Crippen LogP contribution in [0.15, 0.2) is 0 Å². The highest BCUT2D eigenvalue weighted by Gasteiger charge is 2.42. The van der Waals surface area contributed by atoms with Gasteiger partial charge in [0.05, 0.1) is 0 Å². The molecular weight excluding hydrogens is 256 g/mol. The first-order valence-corrected chi connectivity index (χ1v) is 16.5. The van der Waals surface area contributed by atoms with Crippen molar-refractivity contribution in [3.63, 3.8) is 0 Å². The Morgan fingerprint density at radius 1 is 0.733 bits per heavy atom. The predicted octanol–water partition coefficient (Wildman–Crippen LogP) is 2.41. The highest BCUT2D eigenvalue weighted by Crippen LogP contribution is 2.21. The Morgan fingerprint density at radius 2 is 1.07 bits per heavy atom. The summed E-state index contributed by atoms with van der Waals surface area (Å²) in [6.07, 6.45) is 0. The summed E-state index contributed by atoms with van der Waals surface area (Å²) in [6, 6.07) is 0. The highest BCUT2D eigenvalue weighted by atomic mass is 28.5. The maximum absolute atomic E-state index is 6.14. The zero-order valence-electron chi connectivity index (χ0n) is 11.4. The van der Waals surface area contributed by atoms with Crippen LogP contribution in [-0.2, 0) is 12.3 Å². The molecule has 0 amide bonds. The maximum atomic E-state index is 6.14. The molecule has 0 heterocycles. The van der Waals surface area contributed by atoms with Gasteiger partial charge in [-0.2, -0.15) is 0 Å². The van der Waals surface area contributed by atoms with Crippen LogP contribution >= 0.6 is 0 Å². The van der Waals surface area contributed by atoms with E-state index < -0.39 is 35.2 Å². The molecule has 0 aliphatic heterocycles. The first-order valence-electron chi connectivity index (χ1n) is 5.52. The van der Waals surface area contributed by atoms with Gasteiger partial charge in [0.15, 0.2) is 16.6 Å². The SMILES string of the molecule is C[SiH2]O[Si](C)(O[Si](C)(C)C)O[Si](C)(C)C. The molecule has 0 bridgehead atoms. The summed E-state index contributed by atoms with van der Waals surface area (Å²) in [5.41, 5.74) is 0. The summed E-state index contributed by atoms with van der Waals surface area (Å²) in [6.45, 7) is 17.3. The third-order valence-electron chi connectivity index (χ3n) is 1.39. The van der Waals surface area contributed by atoms with Crippen molar-refractivity contribution in [2.24, 2.45) is 0 Å². The van der Waals surface area contributed by atoms with E-state index in [4.69, 9.17) is 12.3 Å². The topological polar surface area (TPSA) is 27.7 Å². The zero-order chi connectivity index (χ0) is 12.3. The summed E-state index contributed by atoms with van der Waals surface area (Å²) >= 11 is 0. The van der Waals surface area contributed by atoms with Crippen molar-refractivity contribution in [2.75, 3.05) is 0 Å². The summed E-state index contributed by atoms with van der Waals surface area (Å²) < 4.78 is 18.2. The fraction of sp³-hybridized carbons (Fsp3) is 1.00. The molecule has 0 aromatic heterocycles. The van der Waals surface area contributed by atoms with E-state index in [0.29, 0.717) is 0 Å². The van der Waals surface area contributed by atoms with Crippen LogP contribution in [0, 0.1) is 0 Å². The molecule has 0 aromatic carbocycles. The first-order chi connectivity index (χ1) is 6.47. The van der Waals surface area contributed by atoms with Crippen molar-refractivity contribution < 1.29 is 12.3 Å². The van der Waals surface area contributed by atoms with Crippen LogP contribution in [0.5, 0.6) is 0 Å². The number of hydrogen-bond donors (Lipinski definition) is 0. The molecule has 0 aliphatic rings. The fourth-order valence-electron chi connectivity index (χ4n) is 1.45. The Morgan fingerprint density at radius 3 is 1.27 bits per heavy atom. The van der Waals surface area contributed by atoms with E-state index in [9.17, 15) is 0 Å².